The molecule has 1 aliphatic heterocycles. The molecule has 2 aromatic rings. The fourth-order valence-electron chi connectivity index (χ4n) is 2.56. The number of nitrogens with one attached hydrogen (secondary N) is 2. The molecule has 1 aromatic heterocycles. The van der Waals surface area contributed by atoms with Gasteiger partial charge in [0, 0.05) is 23.9 Å². The molecule has 3 rings (SSSR count). The highest BCUT2D eigenvalue weighted by Crippen LogP contribution is 2.18. The average molecular weight is 333 g/mol. The zero-order valence-corrected chi connectivity index (χ0v) is 13.2. The van der Waals surface area contributed by atoms with E-state index in [0.717, 1.165) is 25.0 Å². The first-order valence-electron chi connectivity index (χ1n) is 7.52. The maximum Gasteiger partial charge on any atom is 0.261 e. The summed E-state index contributed by atoms with van der Waals surface area (Å²) in [5.74, 6) is -0.385. The Morgan fingerprint density at radius 1 is 1.26 bits per heavy atom. The monoisotopic (exact) mass is 332 g/mol. The number of aromatic amines is 1. The van der Waals surface area contributed by atoms with Gasteiger partial charge in [0.1, 0.15) is 5.56 Å². The Hall–Kier alpha value is -2.11. The van der Waals surface area contributed by atoms with E-state index in [1.54, 1.807) is 18.2 Å². The van der Waals surface area contributed by atoms with Crippen LogP contribution in [0.2, 0.25) is 5.02 Å². The smallest absolute Gasteiger partial charge is 0.261 e. The SMILES string of the molecule is O=C(NCC1CCCO1)c1ccc(-c2ccc(Cl)cc2)[nH]c1=O. The Morgan fingerprint density at radius 2 is 2.04 bits per heavy atom. The van der Waals surface area contributed by atoms with Crippen molar-refractivity contribution in [1.82, 2.24) is 10.3 Å². The molecule has 1 fully saturated rings. The lowest BCUT2D eigenvalue weighted by molar-refractivity contribution is 0.0856. The predicted octanol–water partition coefficient (Wildman–Crippen LogP) is 2.60. The minimum Gasteiger partial charge on any atom is -0.376 e. The number of hydrogen-bond acceptors (Lipinski definition) is 3. The third kappa shape index (κ3) is 3.81. The van der Waals surface area contributed by atoms with E-state index in [1.165, 1.54) is 6.07 Å². The molecule has 120 valence electrons. The third-order valence-electron chi connectivity index (χ3n) is 3.82. The van der Waals surface area contributed by atoms with Crippen molar-refractivity contribution in [3.63, 3.8) is 0 Å². The van der Waals surface area contributed by atoms with Gasteiger partial charge in [0.15, 0.2) is 0 Å². The first-order chi connectivity index (χ1) is 11.1. The lowest BCUT2D eigenvalue weighted by Gasteiger charge is -2.10. The lowest BCUT2D eigenvalue weighted by Crippen LogP contribution is -2.35. The molecule has 2 N–H and O–H groups in total. The van der Waals surface area contributed by atoms with E-state index < -0.39 is 5.56 Å². The highest BCUT2D eigenvalue weighted by molar-refractivity contribution is 6.30. The molecule has 0 bridgehead atoms. The van der Waals surface area contributed by atoms with Crippen molar-refractivity contribution >= 4 is 17.5 Å². The van der Waals surface area contributed by atoms with Gasteiger partial charge in [-0.25, -0.2) is 0 Å². The number of benzene rings is 1. The van der Waals surface area contributed by atoms with E-state index in [-0.39, 0.29) is 17.6 Å². The van der Waals surface area contributed by atoms with Crippen molar-refractivity contribution in [2.75, 3.05) is 13.2 Å². The molecular weight excluding hydrogens is 316 g/mol. The van der Waals surface area contributed by atoms with E-state index in [1.807, 2.05) is 12.1 Å². The van der Waals surface area contributed by atoms with Crippen molar-refractivity contribution in [2.24, 2.45) is 0 Å². The summed E-state index contributed by atoms with van der Waals surface area (Å²) in [6, 6.07) is 10.4. The minimum atomic E-state index is -0.415. The number of pyridine rings is 1. The van der Waals surface area contributed by atoms with E-state index in [9.17, 15) is 9.59 Å². The second-order valence-corrected chi connectivity index (χ2v) is 5.90. The first kappa shape index (κ1) is 15.8. The number of aromatic nitrogens is 1. The number of hydrogen-bond donors (Lipinski definition) is 2. The van der Waals surface area contributed by atoms with Gasteiger partial charge in [0.2, 0.25) is 0 Å². The van der Waals surface area contributed by atoms with Crippen molar-refractivity contribution in [1.29, 1.82) is 0 Å². The normalized spacial score (nSPS) is 17.2. The van der Waals surface area contributed by atoms with Gasteiger partial charge < -0.3 is 15.0 Å². The summed E-state index contributed by atoms with van der Waals surface area (Å²) in [5.41, 5.74) is 1.16. The van der Waals surface area contributed by atoms with E-state index in [0.29, 0.717) is 17.3 Å². The maximum absolute atomic E-state index is 12.1. The predicted molar refractivity (Wildman–Crippen MR) is 88.8 cm³/mol. The second kappa shape index (κ2) is 6.98. The zero-order chi connectivity index (χ0) is 16.2. The summed E-state index contributed by atoms with van der Waals surface area (Å²) < 4.78 is 5.44. The third-order valence-corrected chi connectivity index (χ3v) is 4.08. The van der Waals surface area contributed by atoms with Gasteiger partial charge in [0.05, 0.1) is 6.10 Å². The van der Waals surface area contributed by atoms with Crippen molar-refractivity contribution in [3.8, 4) is 11.3 Å². The van der Waals surface area contributed by atoms with E-state index >= 15 is 0 Å². The average Bonchev–Trinajstić information content (AvgIpc) is 3.06. The molecule has 0 aliphatic carbocycles. The van der Waals surface area contributed by atoms with Crippen LogP contribution >= 0.6 is 11.6 Å². The number of amides is 1. The number of ether oxygens (including phenoxy) is 1. The molecule has 2 heterocycles. The van der Waals surface area contributed by atoms with Gasteiger partial charge in [-0.3, -0.25) is 9.59 Å². The van der Waals surface area contributed by atoms with Crippen molar-refractivity contribution in [3.05, 3.63) is 57.3 Å². The van der Waals surface area contributed by atoms with Crippen molar-refractivity contribution in [2.45, 2.75) is 18.9 Å². The first-order valence-corrected chi connectivity index (χ1v) is 7.90. The number of rotatable bonds is 4. The summed E-state index contributed by atoms with van der Waals surface area (Å²) >= 11 is 5.85. The van der Waals surface area contributed by atoms with Crippen LogP contribution in [0.15, 0.2) is 41.2 Å². The number of carbonyl (C=O) groups is 1. The molecule has 0 radical (unpaired) electrons. The highest BCUT2D eigenvalue weighted by atomic mass is 35.5. The summed E-state index contributed by atoms with van der Waals surface area (Å²) in [7, 11) is 0. The Morgan fingerprint density at radius 3 is 2.70 bits per heavy atom. The largest absolute Gasteiger partial charge is 0.376 e. The molecule has 1 amide bonds. The second-order valence-electron chi connectivity index (χ2n) is 5.47. The van der Waals surface area contributed by atoms with Crippen LogP contribution in [0.3, 0.4) is 0 Å². The molecule has 0 spiro atoms. The molecule has 1 saturated heterocycles. The Kier molecular flexibility index (Phi) is 4.79. The molecular formula is C17H17ClN2O3. The van der Waals surface area contributed by atoms with Crippen LogP contribution in [-0.2, 0) is 4.74 Å². The Bertz CT molecular complexity index is 749. The van der Waals surface area contributed by atoms with Gasteiger partial charge in [-0.2, -0.15) is 0 Å². The molecule has 0 saturated carbocycles. The van der Waals surface area contributed by atoms with Gasteiger partial charge in [-0.1, -0.05) is 23.7 Å². The highest BCUT2D eigenvalue weighted by Gasteiger charge is 2.18. The molecule has 6 heteroatoms. The number of carbonyl (C=O) groups excluding carboxylic acids is 1. The van der Waals surface area contributed by atoms with Crippen LogP contribution in [0.1, 0.15) is 23.2 Å². The van der Waals surface area contributed by atoms with Crippen molar-refractivity contribution < 1.29 is 9.53 Å². The minimum absolute atomic E-state index is 0.0476. The van der Waals surface area contributed by atoms with E-state index in [4.69, 9.17) is 16.3 Å². The van der Waals surface area contributed by atoms with Gasteiger partial charge >= 0.3 is 0 Å². The van der Waals surface area contributed by atoms with Gasteiger partial charge in [-0.15, -0.1) is 0 Å². The van der Waals surface area contributed by atoms with Crippen LogP contribution in [0.25, 0.3) is 11.3 Å². The number of H-pyrrole nitrogens is 1. The van der Waals surface area contributed by atoms with Gasteiger partial charge in [0.25, 0.3) is 11.5 Å². The molecule has 1 atom stereocenters. The zero-order valence-electron chi connectivity index (χ0n) is 12.5. The summed E-state index contributed by atoms with van der Waals surface area (Å²) in [6.45, 7) is 1.16. The Balaban J connectivity index is 1.72. The molecule has 1 aromatic carbocycles. The molecule has 5 nitrogen and oxygen atoms in total. The fraction of sp³-hybridized carbons (Fsp3) is 0.294. The topological polar surface area (TPSA) is 71.2 Å². The summed E-state index contributed by atoms with van der Waals surface area (Å²) in [6.07, 6.45) is 2.00. The molecule has 1 unspecified atom stereocenters. The molecule has 1 aliphatic rings. The van der Waals surface area contributed by atoms with Crippen LogP contribution in [0.4, 0.5) is 0 Å². The van der Waals surface area contributed by atoms with Crippen LogP contribution in [-0.4, -0.2) is 30.1 Å². The fourth-order valence-corrected chi connectivity index (χ4v) is 2.68. The maximum atomic E-state index is 12.1. The quantitative estimate of drug-likeness (QED) is 0.904. The number of halogens is 1. The lowest BCUT2D eigenvalue weighted by atomic mass is 10.1. The summed E-state index contributed by atoms with van der Waals surface area (Å²) in [4.78, 5) is 27.0. The standard InChI is InChI=1S/C17H17ClN2O3/c18-12-5-3-11(4-6-12)15-8-7-14(17(22)20-15)16(21)19-10-13-2-1-9-23-13/h3-8,13H,1-2,9-10H2,(H,19,21)(H,20,22). The molecule has 23 heavy (non-hydrogen) atoms. The van der Waals surface area contributed by atoms with E-state index in [2.05, 4.69) is 10.3 Å². The van der Waals surface area contributed by atoms with Crippen LogP contribution in [0.5, 0.6) is 0 Å². The van der Waals surface area contributed by atoms with Crippen LogP contribution < -0.4 is 10.9 Å². The summed E-state index contributed by atoms with van der Waals surface area (Å²) in [5, 5.41) is 3.37. The van der Waals surface area contributed by atoms with Crippen LogP contribution in [0, 0.1) is 0 Å². The van der Waals surface area contributed by atoms with Gasteiger partial charge in [-0.05, 0) is 42.7 Å². The Labute approximate surface area is 138 Å².